The molecule has 0 aliphatic rings. The SMILES string of the molecule is CC(C)(C)c1cc(N(C(=O)N(c2ccc(Oc3ccccc3)cc2)c2ccc(Oc3ccccc3)cc2)c2cc(C(C)(C)C)no2)on1. The van der Waals surface area contributed by atoms with Crippen LogP contribution in [0.5, 0.6) is 23.0 Å². The van der Waals surface area contributed by atoms with E-state index in [0.717, 1.165) is 0 Å². The van der Waals surface area contributed by atoms with E-state index in [0.29, 0.717) is 45.8 Å². The first kappa shape index (κ1) is 32.1. The van der Waals surface area contributed by atoms with E-state index in [2.05, 4.69) is 10.3 Å². The number of nitrogens with zero attached hydrogens (tertiary/aromatic N) is 4. The number of para-hydroxylation sites is 2. The van der Waals surface area contributed by atoms with Crippen molar-refractivity contribution in [2.45, 2.75) is 52.4 Å². The van der Waals surface area contributed by atoms with Gasteiger partial charge in [0.15, 0.2) is 0 Å². The molecule has 2 heterocycles. The average Bonchev–Trinajstić information content (AvgIpc) is 3.76. The maximum atomic E-state index is 14.9. The topological polar surface area (TPSA) is 94.1 Å². The highest BCUT2D eigenvalue weighted by Gasteiger charge is 2.34. The van der Waals surface area contributed by atoms with E-state index in [9.17, 15) is 4.79 Å². The van der Waals surface area contributed by atoms with Crippen LogP contribution in [0.25, 0.3) is 0 Å². The van der Waals surface area contributed by atoms with Crippen molar-refractivity contribution in [3.63, 3.8) is 0 Å². The van der Waals surface area contributed by atoms with Crippen LogP contribution in [0.1, 0.15) is 52.9 Å². The number of hydrogen-bond acceptors (Lipinski definition) is 7. The van der Waals surface area contributed by atoms with Crippen LogP contribution in [0, 0.1) is 0 Å². The van der Waals surface area contributed by atoms with Crippen LogP contribution in [0.2, 0.25) is 0 Å². The van der Waals surface area contributed by atoms with Gasteiger partial charge in [0.05, 0.1) is 22.8 Å². The molecule has 0 fully saturated rings. The van der Waals surface area contributed by atoms with Crippen LogP contribution in [0.15, 0.2) is 130 Å². The Hall–Kier alpha value is -5.83. The quantitative estimate of drug-likeness (QED) is 0.163. The van der Waals surface area contributed by atoms with Crippen molar-refractivity contribution in [2.24, 2.45) is 0 Å². The Kier molecular flexibility index (Phi) is 8.78. The second-order valence-electron chi connectivity index (χ2n) is 13.4. The molecule has 48 heavy (non-hydrogen) atoms. The summed E-state index contributed by atoms with van der Waals surface area (Å²) in [6, 6.07) is 36.6. The lowest BCUT2D eigenvalue weighted by molar-refractivity contribution is 0.252. The fourth-order valence-corrected chi connectivity index (χ4v) is 4.79. The summed E-state index contributed by atoms with van der Waals surface area (Å²) in [7, 11) is 0. The fourth-order valence-electron chi connectivity index (χ4n) is 4.79. The summed E-state index contributed by atoms with van der Waals surface area (Å²) in [4.78, 5) is 17.8. The minimum atomic E-state index is -0.475. The predicted octanol–water partition coefficient (Wildman–Crippen LogP) is 10.9. The summed E-state index contributed by atoms with van der Waals surface area (Å²) < 4.78 is 23.7. The third-order valence-corrected chi connectivity index (χ3v) is 7.50. The lowest BCUT2D eigenvalue weighted by Gasteiger charge is -2.28. The number of rotatable bonds is 8. The van der Waals surface area contributed by atoms with Gasteiger partial charge in [-0.05, 0) is 72.8 Å². The van der Waals surface area contributed by atoms with Gasteiger partial charge in [-0.2, -0.15) is 4.90 Å². The fraction of sp³-hybridized carbons (Fsp3) is 0.205. The lowest BCUT2D eigenvalue weighted by Crippen LogP contribution is -2.38. The summed E-state index contributed by atoms with van der Waals surface area (Å²) >= 11 is 0. The summed E-state index contributed by atoms with van der Waals surface area (Å²) in [5.41, 5.74) is 1.88. The van der Waals surface area contributed by atoms with Crippen LogP contribution in [0.4, 0.5) is 27.9 Å². The number of benzene rings is 4. The molecule has 0 N–H and O–H groups in total. The summed E-state index contributed by atoms with van der Waals surface area (Å²) in [5, 5.41) is 8.59. The zero-order chi connectivity index (χ0) is 33.9. The molecule has 9 heteroatoms. The number of amides is 2. The van der Waals surface area contributed by atoms with E-state index in [1.165, 1.54) is 4.90 Å². The van der Waals surface area contributed by atoms with Gasteiger partial charge in [0.1, 0.15) is 23.0 Å². The van der Waals surface area contributed by atoms with Crippen LogP contribution in [-0.2, 0) is 10.8 Å². The van der Waals surface area contributed by atoms with Crippen molar-refractivity contribution in [2.75, 3.05) is 9.80 Å². The van der Waals surface area contributed by atoms with Gasteiger partial charge in [-0.25, -0.2) is 4.79 Å². The van der Waals surface area contributed by atoms with Crippen molar-refractivity contribution in [3.8, 4) is 23.0 Å². The smallest absolute Gasteiger partial charge is 0.343 e. The molecule has 2 amide bonds. The minimum Gasteiger partial charge on any atom is -0.457 e. The monoisotopic (exact) mass is 642 g/mol. The van der Waals surface area contributed by atoms with Crippen LogP contribution in [-0.4, -0.2) is 16.3 Å². The molecule has 0 unspecified atom stereocenters. The number of ether oxygens (including phenoxy) is 2. The first-order chi connectivity index (χ1) is 23.0. The van der Waals surface area contributed by atoms with Crippen LogP contribution in [0.3, 0.4) is 0 Å². The highest BCUT2D eigenvalue weighted by atomic mass is 16.5. The second-order valence-corrected chi connectivity index (χ2v) is 13.4. The number of carbonyl (C=O) groups excluding carboxylic acids is 1. The van der Waals surface area contributed by atoms with E-state index in [1.54, 1.807) is 17.0 Å². The van der Waals surface area contributed by atoms with Gasteiger partial charge >= 0.3 is 6.03 Å². The number of hydrogen-bond donors (Lipinski definition) is 0. The summed E-state index contributed by atoms with van der Waals surface area (Å²) in [6.07, 6.45) is 0. The van der Waals surface area contributed by atoms with Gasteiger partial charge in [-0.1, -0.05) is 88.3 Å². The highest BCUT2D eigenvalue weighted by Crippen LogP contribution is 2.38. The molecule has 0 aliphatic heterocycles. The number of carbonyl (C=O) groups is 1. The molecule has 9 nitrogen and oxygen atoms in total. The number of aromatic nitrogens is 2. The molecule has 0 spiro atoms. The minimum absolute atomic E-state index is 0.194. The van der Waals surface area contributed by atoms with E-state index in [1.807, 2.05) is 151 Å². The largest absolute Gasteiger partial charge is 0.457 e. The van der Waals surface area contributed by atoms with Gasteiger partial charge < -0.3 is 18.5 Å². The molecular weight excluding hydrogens is 604 g/mol. The number of anilines is 4. The molecule has 0 saturated heterocycles. The predicted molar refractivity (Wildman–Crippen MR) is 186 cm³/mol. The zero-order valence-corrected chi connectivity index (χ0v) is 27.9. The van der Waals surface area contributed by atoms with Crippen molar-refractivity contribution in [1.29, 1.82) is 0 Å². The maximum absolute atomic E-state index is 14.9. The molecule has 244 valence electrons. The second kappa shape index (κ2) is 13.1. The van der Waals surface area contributed by atoms with Crippen LogP contribution >= 0.6 is 0 Å². The molecule has 0 radical (unpaired) electrons. The summed E-state index contributed by atoms with van der Waals surface area (Å²) in [6.45, 7) is 12.2. The normalized spacial score (nSPS) is 11.6. The Morgan fingerprint density at radius 3 is 1.21 bits per heavy atom. The van der Waals surface area contributed by atoms with Crippen LogP contribution < -0.4 is 19.3 Å². The third kappa shape index (κ3) is 7.25. The Bertz CT molecular complexity index is 1820. The van der Waals surface area contributed by atoms with Gasteiger partial charge in [-0.15, -0.1) is 0 Å². The first-order valence-electron chi connectivity index (χ1n) is 15.7. The molecule has 0 atom stereocenters. The van der Waals surface area contributed by atoms with E-state index < -0.39 is 6.03 Å². The molecule has 4 aromatic carbocycles. The van der Waals surface area contributed by atoms with Gasteiger partial charge in [0, 0.05) is 23.0 Å². The molecule has 0 bridgehead atoms. The number of urea groups is 1. The molecule has 2 aromatic heterocycles. The zero-order valence-electron chi connectivity index (χ0n) is 27.9. The Morgan fingerprint density at radius 1 is 0.521 bits per heavy atom. The third-order valence-electron chi connectivity index (χ3n) is 7.50. The lowest BCUT2D eigenvalue weighted by atomic mass is 9.92. The standard InChI is InChI=1S/C39H38N4O5/c1-38(2,3)33-25-35(47-40-33)43(36-26-34(41-48-36)39(4,5)6)37(44)42(27-17-21-31(22-18-27)45-29-13-9-7-10-14-29)28-19-23-32(24-20-28)46-30-15-11-8-12-16-30/h7-26H,1-6H3. The Balaban J connectivity index is 1.42. The Labute approximate surface area is 280 Å². The molecule has 6 rings (SSSR count). The highest BCUT2D eigenvalue weighted by molar-refractivity contribution is 6.11. The van der Waals surface area contributed by atoms with E-state index in [4.69, 9.17) is 18.5 Å². The first-order valence-corrected chi connectivity index (χ1v) is 15.7. The molecule has 0 saturated carbocycles. The van der Waals surface area contributed by atoms with Crippen molar-refractivity contribution < 1.29 is 23.3 Å². The van der Waals surface area contributed by atoms with Gasteiger partial charge in [0.2, 0.25) is 11.8 Å². The van der Waals surface area contributed by atoms with Gasteiger partial charge in [0.25, 0.3) is 0 Å². The molecule has 0 aliphatic carbocycles. The Morgan fingerprint density at radius 2 is 0.875 bits per heavy atom. The van der Waals surface area contributed by atoms with Gasteiger partial charge in [-0.3, -0.25) is 4.90 Å². The van der Waals surface area contributed by atoms with Crippen molar-refractivity contribution >= 4 is 29.2 Å². The van der Waals surface area contributed by atoms with E-state index in [-0.39, 0.29) is 22.6 Å². The van der Waals surface area contributed by atoms with Crippen molar-refractivity contribution in [1.82, 2.24) is 10.3 Å². The van der Waals surface area contributed by atoms with Crippen molar-refractivity contribution in [3.05, 3.63) is 133 Å². The average molecular weight is 643 g/mol. The van der Waals surface area contributed by atoms with E-state index >= 15 is 0 Å². The molecular formula is C39H38N4O5. The summed E-state index contributed by atoms with van der Waals surface area (Å²) in [5.74, 6) is 3.04. The molecule has 6 aromatic rings. The maximum Gasteiger partial charge on any atom is 0.343 e.